The number of nitrogens with one attached hydrogen (secondary N) is 1. The summed E-state index contributed by atoms with van der Waals surface area (Å²) in [5, 5.41) is 4.81. The molecule has 23 heavy (non-hydrogen) atoms. The molecule has 0 saturated carbocycles. The first-order chi connectivity index (χ1) is 11.1. The van der Waals surface area contributed by atoms with Gasteiger partial charge in [0.05, 0.1) is 0 Å². The summed E-state index contributed by atoms with van der Waals surface area (Å²) in [6.07, 6.45) is 2.91. The molecule has 6 heteroatoms. The van der Waals surface area contributed by atoms with Crippen molar-refractivity contribution in [2.24, 2.45) is 0 Å². The lowest BCUT2D eigenvalue weighted by molar-refractivity contribution is -0.114. The molecule has 1 N–H and O–H groups in total. The van der Waals surface area contributed by atoms with E-state index in [1.165, 1.54) is 23.8 Å². The SMILES string of the molecule is CC(=O)Nc1nc(C(=O)N2CCCC2Cc2ccccc2)cs1. The number of hydrogen-bond donors (Lipinski definition) is 1. The first-order valence-electron chi connectivity index (χ1n) is 7.71. The largest absolute Gasteiger partial charge is 0.334 e. The fraction of sp³-hybridized carbons (Fsp3) is 0.353. The molecule has 3 rings (SSSR count). The van der Waals surface area contributed by atoms with Crippen molar-refractivity contribution in [2.45, 2.75) is 32.2 Å². The van der Waals surface area contributed by atoms with E-state index in [2.05, 4.69) is 22.4 Å². The third-order valence-corrected chi connectivity index (χ3v) is 4.72. The summed E-state index contributed by atoms with van der Waals surface area (Å²) in [4.78, 5) is 29.9. The Labute approximate surface area is 139 Å². The molecule has 1 fully saturated rings. The van der Waals surface area contributed by atoms with Crippen molar-refractivity contribution in [1.29, 1.82) is 0 Å². The molecule has 1 aromatic heterocycles. The number of carbonyl (C=O) groups excluding carboxylic acids is 2. The van der Waals surface area contributed by atoms with Crippen LogP contribution >= 0.6 is 11.3 Å². The minimum Gasteiger partial charge on any atom is -0.334 e. The fourth-order valence-corrected chi connectivity index (χ4v) is 3.66. The molecule has 2 amide bonds. The fourth-order valence-electron chi connectivity index (χ4n) is 2.93. The van der Waals surface area contributed by atoms with E-state index in [4.69, 9.17) is 0 Å². The predicted octanol–water partition coefficient (Wildman–Crippen LogP) is 2.95. The zero-order chi connectivity index (χ0) is 16.2. The summed E-state index contributed by atoms with van der Waals surface area (Å²) in [5.74, 6) is -0.224. The standard InChI is InChI=1S/C17H19N3O2S/c1-12(21)18-17-19-15(11-23-17)16(22)20-9-5-8-14(20)10-13-6-3-2-4-7-13/h2-4,6-7,11,14H,5,8-10H2,1H3,(H,18,19,21). The van der Waals surface area contributed by atoms with Crippen LogP contribution in [0, 0.1) is 0 Å². The molecule has 0 spiro atoms. The average molecular weight is 329 g/mol. The lowest BCUT2D eigenvalue weighted by atomic mass is 10.0. The molecule has 2 heterocycles. The third-order valence-electron chi connectivity index (χ3n) is 3.96. The number of anilines is 1. The van der Waals surface area contributed by atoms with Gasteiger partial charge in [0.2, 0.25) is 5.91 Å². The van der Waals surface area contributed by atoms with Crippen molar-refractivity contribution in [3.05, 3.63) is 47.0 Å². The van der Waals surface area contributed by atoms with Gasteiger partial charge in [0, 0.05) is 24.9 Å². The molecule has 120 valence electrons. The quantitative estimate of drug-likeness (QED) is 0.938. The van der Waals surface area contributed by atoms with E-state index in [-0.39, 0.29) is 17.9 Å². The van der Waals surface area contributed by atoms with Crippen LogP contribution in [0.1, 0.15) is 35.8 Å². The summed E-state index contributed by atoms with van der Waals surface area (Å²) in [6.45, 7) is 2.20. The monoisotopic (exact) mass is 329 g/mol. The van der Waals surface area contributed by atoms with Crippen molar-refractivity contribution < 1.29 is 9.59 Å². The van der Waals surface area contributed by atoms with Gasteiger partial charge in [-0.2, -0.15) is 0 Å². The highest BCUT2D eigenvalue weighted by molar-refractivity contribution is 7.14. The van der Waals surface area contributed by atoms with Gasteiger partial charge < -0.3 is 10.2 Å². The Hall–Kier alpha value is -2.21. The molecule has 1 aliphatic heterocycles. The molecular weight excluding hydrogens is 310 g/mol. The zero-order valence-corrected chi connectivity index (χ0v) is 13.8. The minimum atomic E-state index is -0.179. The second kappa shape index (κ2) is 6.91. The molecule has 0 bridgehead atoms. The summed E-state index contributed by atoms with van der Waals surface area (Å²) in [7, 11) is 0. The topological polar surface area (TPSA) is 62.3 Å². The van der Waals surface area contributed by atoms with Crippen LogP contribution in [0.4, 0.5) is 5.13 Å². The highest BCUT2D eigenvalue weighted by atomic mass is 32.1. The first-order valence-corrected chi connectivity index (χ1v) is 8.59. The van der Waals surface area contributed by atoms with Crippen molar-refractivity contribution in [1.82, 2.24) is 9.88 Å². The van der Waals surface area contributed by atoms with Crippen LogP contribution in [-0.2, 0) is 11.2 Å². The number of nitrogens with zero attached hydrogens (tertiary/aromatic N) is 2. The lowest BCUT2D eigenvalue weighted by Crippen LogP contribution is -2.37. The predicted molar refractivity (Wildman–Crippen MR) is 90.6 cm³/mol. The Morgan fingerprint density at radius 1 is 1.35 bits per heavy atom. The van der Waals surface area contributed by atoms with Gasteiger partial charge in [0.1, 0.15) is 5.69 Å². The van der Waals surface area contributed by atoms with Crippen LogP contribution in [0.15, 0.2) is 35.7 Å². The van der Waals surface area contributed by atoms with Gasteiger partial charge in [0.25, 0.3) is 5.91 Å². The van der Waals surface area contributed by atoms with Crippen LogP contribution in [-0.4, -0.2) is 34.3 Å². The lowest BCUT2D eigenvalue weighted by Gasteiger charge is -2.24. The Morgan fingerprint density at radius 3 is 2.87 bits per heavy atom. The van der Waals surface area contributed by atoms with E-state index in [9.17, 15) is 9.59 Å². The number of amides is 2. The van der Waals surface area contributed by atoms with E-state index in [1.807, 2.05) is 23.1 Å². The maximum Gasteiger partial charge on any atom is 0.273 e. The highest BCUT2D eigenvalue weighted by Crippen LogP contribution is 2.25. The average Bonchev–Trinajstić information content (AvgIpc) is 3.16. The number of rotatable bonds is 4. The van der Waals surface area contributed by atoms with Crippen LogP contribution in [0.2, 0.25) is 0 Å². The van der Waals surface area contributed by atoms with E-state index in [1.54, 1.807) is 5.38 Å². The summed E-state index contributed by atoms with van der Waals surface area (Å²) >= 11 is 1.28. The molecule has 5 nitrogen and oxygen atoms in total. The molecule has 1 unspecified atom stereocenters. The molecular formula is C17H19N3O2S. The Kier molecular flexibility index (Phi) is 4.71. The normalized spacial score (nSPS) is 17.3. The molecule has 1 saturated heterocycles. The maximum atomic E-state index is 12.7. The van der Waals surface area contributed by atoms with Gasteiger partial charge in [-0.05, 0) is 24.8 Å². The number of hydrogen-bond acceptors (Lipinski definition) is 4. The molecule has 2 aromatic rings. The Morgan fingerprint density at radius 2 is 2.13 bits per heavy atom. The second-order valence-corrected chi connectivity index (χ2v) is 6.56. The van der Waals surface area contributed by atoms with Gasteiger partial charge in [-0.3, -0.25) is 9.59 Å². The Bertz CT molecular complexity index is 699. The smallest absolute Gasteiger partial charge is 0.273 e. The highest BCUT2D eigenvalue weighted by Gasteiger charge is 2.30. The number of carbonyl (C=O) groups is 2. The Balaban J connectivity index is 1.70. The van der Waals surface area contributed by atoms with Crippen LogP contribution in [0.25, 0.3) is 0 Å². The van der Waals surface area contributed by atoms with Crippen LogP contribution in [0.5, 0.6) is 0 Å². The van der Waals surface area contributed by atoms with Crippen LogP contribution in [0.3, 0.4) is 0 Å². The molecule has 0 radical (unpaired) electrons. The van der Waals surface area contributed by atoms with E-state index in [0.29, 0.717) is 10.8 Å². The second-order valence-electron chi connectivity index (χ2n) is 5.70. The van der Waals surface area contributed by atoms with Crippen molar-refractivity contribution in [3.8, 4) is 0 Å². The van der Waals surface area contributed by atoms with E-state index < -0.39 is 0 Å². The van der Waals surface area contributed by atoms with E-state index in [0.717, 1.165) is 25.8 Å². The van der Waals surface area contributed by atoms with Crippen molar-refractivity contribution in [3.63, 3.8) is 0 Å². The van der Waals surface area contributed by atoms with Gasteiger partial charge in [0.15, 0.2) is 5.13 Å². The number of aromatic nitrogens is 1. The molecule has 1 atom stereocenters. The molecule has 0 aliphatic carbocycles. The first kappa shape index (κ1) is 15.7. The number of likely N-dealkylation sites (tertiary alicyclic amines) is 1. The molecule has 1 aromatic carbocycles. The van der Waals surface area contributed by atoms with Crippen LogP contribution < -0.4 is 5.32 Å². The summed E-state index contributed by atoms with van der Waals surface area (Å²) in [6, 6.07) is 10.5. The van der Waals surface area contributed by atoms with Gasteiger partial charge in [-0.15, -0.1) is 11.3 Å². The van der Waals surface area contributed by atoms with E-state index >= 15 is 0 Å². The van der Waals surface area contributed by atoms with Gasteiger partial charge in [-0.1, -0.05) is 30.3 Å². The zero-order valence-electron chi connectivity index (χ0n) is 13.0. The van der Waals surface area contributed by atoms with Gasteiger partial charge >= 0.3 is 0 Å². The maximum absolute atomic E-state index is 12.7. The third kappa shape index (κ3) is 3.76. The molecule has 1 aliphatic rings. The summed E-state index contributed by atoms with van der Waals surface area (Å²) in [5.41, 5.74) is 1.66. The minimum absolute atomic E-state index is 0.0451. The van der Waals surface area contributed by atoms with Crippen molar-refractivity contribution >= 4 is 28.3 Å². The summed E-state index contributed by atoms with van der Waals surface area (Å²) < 4.78 is 0. The van der Waals surface area contributed by atoms with Gasteiger partial charge in [-0.25, -0.2) is 4.98 Å². The van der Waals surface area contributed by atoms with Crippen molar-refractivity contribution in [2.75, 3.05) is 11.9 Å². The number of benzene rings is 1. The number of thiazole rings is 1.